The van der Waals surface area contributed by atoms with Gasteiger partial charge in [-0.3, -0.25) is 4.90 Å². The third kappa shape index (κ3) is 2.52. The minimum absolute atomic E-state index is 0.247. The Morgan fingerprint density at radius 3 is 2.52 bits per heavy atom. The Bertz CT molecular complexity index is 770. The number of rotatable bonds is 0. The number of hydrogen-bond acceptors (Lipinski definition) is 4. The lowest BCUT2D eigenvalue weighted by Crippen LogP contribution is -2.67. The molecule has 4 aliphatic carbocycles. The highest BCUT2D eigenvalue weighted by atomic mass is 16.6. The number of aliphatic hydroxyl groups is 2. The van der Waals surface area contributed by atoms with Crippen LogP contribution in [0.2, 0.25) is 0 Å². The van der Waals surface area contributed by atoms with E-state index < -0.39 is 11.4 Å². The van der Waals surface area contributed by atoms with Crippen molar-refractivity contribution in [2.45, 2.75) is 102 Å². The summed E-state index contributed by atoms with van der Waals surface area (Å²) in [4.78, 5) is 2.69. The molecule has 4 nitrogen and oxygen atoms in total. The lowest BCUT2D eigenvalue weighted by Gasteiger charge is -2.60. The maximum atomic E-state index is 11.9. The largest absolute Gasteiger partial charge is 0.388 e. The average molecular weight is 430 g/mol. The highest BCUT2D eigenvalue weighted by Gasteiger charge is 2.70. The van der Waals surface area contributed by atoms with Gasteiger partial charge in [-0.25, -0.2) is 0 Å². The Hall–Kier alpha value is -0.160. The van der Waals surface area contributed by atoms with Crippen molar-refractivity contribution in [1.82, 2.24) is 4.90 Å². The monoisotopic (exact) mass is 429 g/mol. The molecule has 7 rings (SSSR count). The zero-order valence-corrected chi connectivity index (χ0v) is 19.8. The summed E-state index contributed by atoms with van der Waals surface area (Å²) in [5, 5.41) is 23.5. The first-order valence-corrected chi connectivity index (χ1v) is 13.6. The highest BCUT2D eigenvalue weighted by Crippen LogP contribution is 2.71. The van der Waals surface area contributed by atoms with Gasteiger partial charge in [0, 0.05) is 31.5 Å². The fourth-order valence-corrected chi connectivity index (χ4v) is 11.2. The van der Waals surface area contributed by atoms with Crippen LogP contribution in [-0.4, -0.2) is 51.7 Å². The van der Waals surface area contributed by atoms with Gasteiger partial charge in [0.1, 0.15) is 0 Å². The second-order valence-electron chi connectivity index (χ2n) is 13.7. The zero-order chi connectivity index (χ0) is 21.3. The molecule has 0 aromatic rings. The van der Waals surface area contributed by atoms with Gasteiger partial charge < -0.3 is 14.9 Å². The first-order chi connectivity index (χ1) is 14.7. The summed E-state index contributed by atoms with van der Waals surface area (Å²) < 4.78 is 6.33. The van der Waals surface area contributed by atoms with E-state index in [2.05, 4.69) is 25.7 Å². The van der Waals surface area contributed by atoms with Crippen LogP contribution in [0.15, 0.2) is 0 Å². The van der Waals surface area contributed by atoms with Crippen LogP contribution < -0.4 is 0 Å². The number of nitrogens with zero attached hydrogens (tertiary/aromatic N) is 1. The van der Waals surface area contributed by atoms with Crippen LogP contribution in [0.5, 0.6) is 0 Å². The van der Waals surface area contributed by atoms with Gasteiger partial charge in [-0.1, -0.05) is 13.8 Å². The van der Waals surface area contributed by atoms with E-state index >= 15 is 0 Å². The van der Waals surface area contributed by atoms with Crippen molar-refractivity contribution in [1.29, 1.82) is 0 Å². The van der Waals surface area contributed by atoms with Crippen LogP contribution >= 0.6 is 0 Å². The molecule has 0 spiro atoms. The predicted molar refractivity (Wildman–Crippen MR) is 119 cm³/mol. The van der Waals surface area contributed by atoms with Crippen LogP contribution in [0.1, 0.15) is 78.6 Å². The summed E-state index contributed by atoms with van der Waals surface area (Å²) >= 11 is 0. The number of fused-ring (bicyclic) bond motifs is 8. The fourth-order valence-electron chi connectivity index (χ4n) is 11.2. The minimum Gasteiger partial charge on any atom is -0.388 e. The zero-order valence-electron chi connectivity index (χ0n) is 19.8. The smallest absolute Gasteiger partial charge is 0.169 e. The summed E-state index contributed by atoms with van der Waals surface area (Å²) in [5.41, 5.74) is -0.293. The molecule has 2 bridgehead atoms. The highest BCUT2D eigenvalue weighted by molar-refractivity contribution is 5.17. The fraction of sp³-hybridized carbons (Fsp3) is 1.00. The van der Waals surface area contributed by atoms with Crippen molar-refractivity contribution >= 4 is 0 Å². The Kier molecular flexibility index (Phi) is 4.10. The van der Waals surface area contributed by atoms with Crippen LogP contribution in [0.4, 0.5) is 0 Å². The third-order valence-electron chi connectivity index (χ3n) is 12.4. The summed E-state index contributed by atoms with van der Waals surface area (Å²) in [6, 6.07) is 0.367. The molecule has 7 fully saturated rings. The van der Waals surface area contributed by atoms with E-state index in [-0.39, 0.29) is 5.41 Å². The second kappa shape index (κ2) is 6.29. The summed E-state index contributed by atoms with van der Waals surface area (Å²) in [6.45, 7) is 9.46. The van der Waals surface area contributed by atoms with Crippen LogP contribution in [0.3, 0.4) is 0 Å². The van der Waals surface area contributed by atoms with Gasteiger partial charge in [-0.15, -0.1) is 0 Å². The van der Waals surface area contributed by atoms with Crippen molar-refractivity contribution < 1.29 is 14.9 Å². The lowest BCUT2D eigenvalue weighted by molar-refractivity contribution is -0.258. The molecular weight excluding hydrogens is 386 g/mol. The van der Waals surface area contributed by atoms with E-state index in [1.54, 1.807) is 0 Å². The molecule has 31 heavy (non-hydrogen) atoms. The average Bonchev–Trinajstić information content (AvgIpc) is 3.23. The second-order valence-corrected chi connectivity index (χ2v) is 13.7. The Labute approximate surface area is 188 Å². The standard InChI is InChI=1S/C27H43NO3/c1-15-4-7-24-26(3,29)21-6-5-17-18(20(21)14-28(24)13-15)11-22-19(17)12-27(30)23-10-16(31-27)8-9-25(22,23)2/h15-24,29-30H,4-14H2,1-3H3/t15-,16-,17+,18+,19-,20-,21-,22-,23-,24-,25+,26-,27+/m0/s1. The van der Waals surface area contributed by atoms with E-state index in [9.17, 15) is 10.2 Å². The van der Waals surface area contributed by atoms with Gasteiger partial charge in [0.15, 0.2) is 5.79 Å². The molecule has 3 aliphatic heterocycles. The Morgan fingerprint density at radius 1 is 0.839 bits per heavy atom. The topological polar surface area (TPSA) is 52.9 Å². The van der Waals surface area contributed by atoms with Crippen molar-refractivity contribution in [3.63, 3.8) is 0 Å². The molecule has 0 amide bonds. The molecule has 0 radical (unpaired) electrons. The molecule has 3 heterocycles. The summed E-state index contributed by atoms with van der Waals surface area (Å²) in [6.07, 6.45) is 10.9. The Balaban J connectivity index is 1.22. The Morgan fingerprint density at radius 2 is 1.68 bits per heavy atom. The van der Waals surface area contributed by atoms with Gasteiger partial charge in [-0.05, 0) is 105 Å². The van der Waals surface area contributed by atoms with Crippen LogP contribution in [0.25, 0.3) is 0 Å². The SMILES string of the molecule is C[C@H]1CC[C@@H]2N(C1)C[C@H]1[C@@H]3C[C@H]4[C@@H](C[C@@]5(O)O[C@H]6CC[C@@]4(C)[C@@H]5C6)[C@@H]3CC[C@@H]1[C@]2(C)O. The van der Waals surface area contributed by atoms with Gasteiger partial charge in [0.05, 0.1) is 11.7 Å². The minimum atomic E-state index is -0.853. The van der Waals surface area contributed by atoms with E-state index in [0.29, 0.717) is 35.8 Å². The maximum absolute atomic E-state index is 11.9. The molecular formula is C27H43NO3. The number of ether oxygens (including phenoxy) is 1. The normalized spacial score (nSPS) is 64.9. The van der Waals surface area contributed by atoms with Crippen molar-refractivity contribution in [3.05, 3.63) is 0 Å². The first kappa shape index (κ1) is 20.2. The van der Waals surface area contributed by atoms with Crippen LogP contribution in [0, 0.1) is 52.8 Å². The lowest BCUT2D eigenvalue weighted by atomic mass is 9.51. The van der Waals surface area contributed by atoms with E-state index in [0.717, 1.165) is 42.9 Å². The van der Waals surface area contributed by atoms with E-state index in [4.69, 9.17) is 4.74 Å². The van der Waals surface area contributed by atoms with Crippen molar-refractivity contribution in [2.24, 2.45) is 52.8 Å². The molecule has 0 aromatic carbocycles. The van der Waals surface area contributed by atoms with Crippen molar-refractivity contribution in [2.75, 3.05) is 13.1 Å². The number of piperidine rings is 2. The van der Waals surface area contributed by atoms with Gasteiger partial charge in [-0.2, -0.15) is 0 Å². The molecule has 13 atom stereocenters. The van der Waals surface area contributed by atoms with Crippen LogP contribution in [-0.2, 0) is 4.74 Å². The third-order valence-corrected chi connectivity index (χ3v) is 12.4. The molecule has 0 unspecified atom stereocenters. The molecule has 7 aliphatic rings. The first-order valence-electron chi connectivity index (χ1n) is 13.6. The molecule has 3 saturated heterocycles. The molecule has 0 aromatic heterocycles. The van der Waals surface area contributed by atoms with Gasteiger partial charge >= 0.3 is 0 Å². The predicted octanol–water partition coefficient (Wildman–Crippen LogP) is 4.04. The summed E-state index contributed by atoms with van der Waals surface area (Å²) in [7, 11) is 0. The quantitative estimate of drug-likeness (QED) is 0.610. The summed E-state index contributed by atoms with van der Waals surface area (Å²) in [5.74, 6) is 4.18. The molecule has 4 saturated carbocycles. The van der Waals surface area contributed by atoms with E-state index in [1.807, 2.05) is 0 Å². The molecule has 4 heteroatoms. The van der Waals surface area contributed by atoms with Gasteiger partial charge in [0.25, 0.3) is 0 Å². The molecule has 174 valence electrons. The number of hydrogen-bond donors (Lipinski definition) is 2. The van der Waals surface area contributed by atoms with Crippen molar-refractivity contribution in [3.8, 4) is 0 Å². The molecule has 2 N–H and O–H groups in total. The maximum Gasteiger partial charge on any atom is 0.169 e. The van der Waals surface area contributed by atoms with Gasteiger partial charge in [0.2, 0.25) is 0 Å². The van der Waals surface area contributed by atoms with E-state index in [1.165, 1.54) is 51.6 Å².